The normalized spacial score (nSPS) is 29.2. The molecule has 20 heavy (non-hydrogen) atoms. The molecule has 0 bridgehead atoms. The number of hydrogen-bond acceptors (Lipinski definition) is 3. The van der Waals surface area contributed by atoms with Crippen molar-refractivity contribution in [3.8, 4) is 5.75 Å². The van der Waals surface area contributed by atoms with E-state index >= 15 is 0 Å². The monoisotopic (exact) mass is 275 g/mol. The predicted molar refractivity (Wildman–Crippen MR) is 80.0 cm³/mol. The lowest BCUT2D eigenvalue weighted by Crippen LogP contribution is -2.29. The number of benzene rings is 1. The highest BCUT2D eigenvalue weighted by molar-refractivity contribution is 5.39. The lowest BCUT2D eigenvalue weighted by molar-refractivity contribution is 0.177. The summed E-state index contributed by atoms with van der Waals surface area (Å²) in [5, 5.41) is 13.3. The van der Waals surface area contributed by atoms with Gasteiger partial charge in [0.2, 0.25) is 0 Å². The Labute approximate surface area is 121 Å². The third-order valence-corrected chi connectivity index (χ3v) is 4.83. The summed E-state index contributed by atoms with van der Waals surface area (Å²) in [7, 11) is 1.73. The molecule has 0 amide bonds. The van der Waals surface area contributed by atoms with E-state index in [9.17, 15) is 5.11 Å². The fourth-order valence-corrected chi connectivity index (χ4v) is 3.66. The zero-order chi connectivity index (χ0) is 13.9. The van der Waals surface area contributed by atoms with Crippen molar-refractivity contribution in [3.05, 3.63) is 29.3 Å². The molecule has 110 valence electrons. The Bertz CT molecular complexity index is 460. The minimum atomic E-state index is -0.0689. The van der Waals surface area contributed by atoms with Gasteiger partial charge in [-0.15, -0.1) is 0 Å². The van der Waals surface area contributed by atoms with Gasteiger partial charge in [-0.05, 0) is 74.2 Å². The Hall–Kier alpha value is -1.06. The number of rotatable bonds is 4. The molecule has 2 aliphatic carbocycles. The summed E-state index contributed by atoms with van der Waals surface area (Å²) >= 11 is 0. The van der Waals surface area contributed by atoms with Crippen LogP contribution in [-0.2, 0) is 6.42 Å². The van der Waals surface area contributed by atoms with Gasteiger partial charge in [0.15, 0.2) is 0 Å². The van der Waals surface area contributed by atoms with Crippen LogP contribution >= 0.6 is 0 Å². The number of fused-ring (bicyclic) bond motifs is 1. The van der Waals surface area contributed by atoms with Crippen LogP contribution in [-0.4, -0.2) is 24.9 Å². The maximum atomic E-state index is 9.62. The molecule has 0 spiro atoms. The number of aryl methyl sites for hydroxylation is 1. The second kappa shape index (κ2) is 6.15. The molecule has 1 aromatic carbocycles. The molecule has 3 atom stereocenters. The van der Waals surface area contributed by atoms with Gasteiger partial charge >= 0.3 is 0 Å². The van der Waals surface area contributed by atoms with E-state index in [2.05, 4.69) is 23.5 Å². The lowest BCUT2D eigenvalue weighted by Gasteiger charge is -2.28. The topological polar surface area (TPSA) is 41.5 Å². The second-order valence-electron chi connectivity index (χ2n) is 6.25. The molecule has 0 aliphatic heterocycles. The number of methoxy groups -OCH3 is 1. The van der Waals surface area contributed by atoms with Crippen LogP contribution in [0.1, 0.15) is 49.3 Å². The number of nitrogens with one attached hydrogen (secondary N) is 1. The van der Waals surface area contributed by atoms with Crippen molar-refractivity contribution in [2.75, 3.05) is 13.7 Å². The van der Waals surface area contributed by atoms with E-state index in [1.54, 1.807) is 7.11 Å². The summed E-state index contributed by atoms with van der Waals surface area (Å²) in [6.45, 7) is 1.03. The van der Waals surface area contributed by atoms with E-state index in [1.807, 2.05) is 0 Å². The van der Waals surface area contributed by atoms with Gasteiger partial charge in [0, 0.05) is 6.04 Å². The van der Waals surface area contributed by atoms with Gasteiger partial charge in [-0.3, -0.25) is 0 Å². The average molecular weight is 275 g/mol. The molecule has 3 nitrogen and oxygen atoms in total. The van der Waals surface area contributed by atoms with E-state index in [0.717, 1.165) is 31.6 Å². The summed E-state index contributed by atoms with van der Waals surface area (Å²) in [6.07, 6.45) is 6.66. The quantitative estimate of drug-likeness (QED) is 0.888. The van der Waals surface area contributed by atoms with Gasteiger partial charge in [-0.2, -0.15) is 0 Å². The van der Waals surface area contributed by atoms with Gasteiger partial charge in [0.05, 0.1) is 13.2 Å². The minimum Gasteiger partial charge on any atom is -0.497 e. The molecule has 0 radical (unpaired) electrons. The lowest BCUT2D eigenvalue weighted by atomic mass is 9.87. The fourth-order valence-electron chi connectivity index (χ4n) is 3.66. The summed E-state index contributed by atoms with van der Waals surface area (Å²) < 4.78 is 5.36. The van der Waals surface area contributed by atoms with Crippen LogP contribution in [0.4, 0.5) is 0 Å². The Kier molecular flexibility index (Phi) is 4.27. The fraction of sp³-hybridized carbons (Fsp3) is 0.647. The van der Waals surface area contributed by atoms with Crippen LogP contribution in [0, 0.1) is 5.92 Å². The average Bonchev–Trinajstić information content (AvgIpc) is 2.90. The number of aliphatic hydroxyl groups is 1. The summed E-state index contributed by atoms with van der Waals surface area (Å²) in [4.78, 5) is 0. The van der Waals surface area contributed by atoms with Crippen molar-refractivity contribution in [2.24, 2.45) is 5.92 Å². The molecule has 2 aliphatic rings. The van der Waals surface area contributed by atoms with Crippen molar-refractivity contribution in [3.63, 3.8) is 0 Å². The molecule has 1 aromatic rings. The summed E-state index contributed by atoms with van der Waals surface area (Å²) in [5.74, 6) is 1.59. The first-order chi connectivity index (χ1) is 9.76. The van der Waals surface area contributed by atoms with Crippen LogP contribution in [0.3, 0.4) is 0 Å². The highest BCUT2D eigenvalue weighted by Crippen LogP contribution is 2.33. The Balaban J connectivity index is 1.66. The number of ether oxygens (including phenoxy) is 1. The Morgan fingerprint density at radius 3 is 2.95 bits per heavy atom. The predicted octanol–water partition coefficient (Wildman–Crippen LogP) is 2.82. The Morgan fingerprint density at radius 2 is 2.20 bits per heavy atom. The third kappa shape index (κ3) is 2.99. The standard InChI is InChI=1S/C17H25NO2/c1-20-15-8-6-13-3-2-4-17(16(13)10-15)18-11-12-5-7-14(19)9-12/h6,8,10,12,14,17-19H,2-5,7,9,11H2,1H3. The molecule has 3 heteroatoms. The highest BCUT2D eigenvalue weighted by Gasteiger charge is 2.25. The van der Waals surface area contributed by atoms with Gasteiger partial charge in [0.1, 0.15) is 5.75 Å². The molecule has 0 heterocycles. The van der Waals surface area contributed by atoms with Crippen molar-refractivity contribution in [1.82, 2.24) is 5.32 Å². The van der Waals surface area contributed by atoms with Gasteiger partial charge in [-0.25, -0.2) is 0 Å². The number of aliphatic hydroxyl groups excluding tert-OH is 1. The molecule has 3 unspecified atom stereocenters. The molecular formula is C17H25NO2. The van der Waals surface area contributed by atoms with E-state index in [1.165, 1.54) is 30.4 Å². The summed E-state index contributed by atoms with van der Waals surface area (Å²) in [5.41, 5.74) is 2.87. The van der Waals surface area contributed by atoms with E-state index in [0.29, 0.717) is 12.0 Å². The van der Waals surface area contributed by atoms with E-state index in [4.69, 9.17) is 4.74 Å². The van der Waals surface area contributed by atoms with Crippen molar-refractivity contribution in [1.29, 1.82) is 0 Å². The van der Waals surface area contributed by atoms with Crippen LogP contribution in [0.25, 0.3) is 0 Å². The van der Waals surface area contributed by atoms with Crippen LogP contribution < -0.4 is 10.1 Å². The first-order valence-electron chi connectivity index (χ1n) is 7.84. The smallest absolute Gasteiger partial charge is 0.119 e. The van der Waals surface area contributed by atoms with Crippen LogP contribution in [0.15, 0.2) is 18.2 Å². The molecule has 0 aromatic heterocycles. The van der Waals surface area contributed by atoms with Gasteiger partial charge < -0.3 is 15.2 Å². The second-order valence-corrected chi connectivity index (χ2v) is 6.25. The minimum absolute atomic E-state index is 0.0689. The van der Waals surface area contributed by atoms with E-state index < -0.39 is 0 Å². The maximum Gasteiger partial charge on any atom is 0.119 e. The molecule has 2 N–H and O–H groups in total. The largest absolute Gasteiger partial charge is 0.497 e. The molecule has 0 saturated heterocycles. The van der Waals surface area contributed by atoms with Crippen molar-refractivity contribution < 1.29 is 9.84 Å². The zero-order valence-corrected chi connectivity index (χ0v) is 12.3. The maximum absolute atomic E-state index is 9.62. The van der Waals surface area contributed by atoms with Crippen molar-refractivity contribution >= 4 is 0 Å². The first kappa shape index (κ1) is 13.9. The Morgan fingerprint density at radius 1 is 1.30 bits per heavy atom. The van der Waals surface area contributed by atoms with Gasteiger partial charge in [0.25, 0.3) is 0 Å². The third-order valence-electron chi connectivity index (χ3n) is 4.83. The van der Waals surface area contributed by atoms with Crippen molar-refractivity contribution in [2.45, 2.75) is 50.7 Å². The van der Waals surface area contributed by atoms with Gasteiger partial charge in [-0.1, -0.05) is 6.07 Å². The molecular weight excluding hydrogens is 250 g/mol. The first-order valence-corrected chi connectivity index (χ1v) is 7.84. The SMILES string of the molecule is COc1ccc2c(c1)C(NCC1CCC(O)C1)CCC2. The summed E-state index contributed by atoms with van der Waals surface area (Å²) in [6, 6.07) is 6.91. The molecule has 1 saturated carbocycles. The number of hydrogen-bond donors (Lipinski definition) is 2. The van der Waals surface area contributed by atoms with E-state index in [-0.39, 0.29) is 6.10 Å². The van der Waals surface area contributed by atoms with Crippen LogP contribution in [0.5, 0.6) is 5.75 Å². The zero-order valence-electron chi connectivity index (χ0n) is 12.3. The molecule has 3 rings (SSSR count). The molecule has 1 fully saturated rings. The highest BCUT2D eigenvalue weighted by atomic mass is 16.5. The van der Waals surface area contributed by atoms with Crippen LogP contribution in [0.2, 0.25) is 0 Å².